The van der Waals surface area contributed by atoms with Crippen molar-refractivity contribution in [3.8, 4) is 0 Å². The fraction of sp³-hybridized carbons (Fsp3) is 0.0625. The molecule has 0 saturated carbocycles. The number of carbonyl (C=O) groups is 1. The Bertz CT molecular complexity index is 932. The van der Waals surface area contributed by atoms with Crippen molar-refractivity contribution in [3.63, 3.8) is 0 Å². The lowest BCUT2D eigenvalue weighted by atomic mass is 10.2. The van der Waals surface area contributed by atoms with Crippen LogP contribution in [0.5, 0.6) is 0 Å². The Hall–Kier alpha value is -3.55. The fourth-order valence-corrected chi connectivity index (χ4v) is 2.22. The van der Waals surface area contributed by atoms with Crippen LogP contribution in [0, 0.1) is 10.1 Å². The average molecular weight is 323 g/mol. The smallest absolute Gasteiger partial charge is 0.270 e. The first-order chi connectivity index (χ1) is 11.6. The first kappa shape index (κ1) is 15.3. The molecular formula is C16H13N5O3. The number of hydrogen-bond acceptors (Lipinski definition) is 5. The van der Waals surface area contributed by atoms with Crippen LogP contribution >= 0.6 is 0 Å². The van der Waals surface area contributed by atoms with Gasteiger partial charge in [-0.1, -0.05) is 24.3 Å². The number of nitrogens with zero attached hydrogens (tertiary/aromatic N) is 4. The van der Waals surface area contributed by atoms with Gasteiger partial charge in [0.05, 0.1) is 28.5 Å². The number of nitrogens with one attached hydrogen (secondary N) is 1. The van der Waals surface area contributed by atoms with Crippen LogP contribution in [0.15, 0.2) is 60.0 Å². The van der Waals surface area contributed by atoms with Gasteiger partial charge in [-0.3, -0.25) is 14.9 Å². The maximum Gasteiger partial charge on any atom is 0.270 e. The minimum absolute atomic E-state index is 0.0323. The molecule has 0 saturated heterocycles. The van der Waals surface area contributed by atoms with Crippen molar-refractivity contribution in [2.24, 2.45) is 5.10 Å². The van der Waals surface area contributed by atoms with Gasteiger partial charge >= 0.3 is 0 Å². The van der Waals surface area contributed by atoms with Crippen molar-refractivity contribution in [1.82, 2.24) is 15.0 Å². The second-order valence-electron chi connectivity index (χ2n) is 5.01. The number of amides is 1. The van der Waals surface area contributed by atoms with Gasteiger partial charge in [-0.05, 0) is 12.1 Å². The highest BCUT2D eigenvalue weighted by atomic mass is 16.6. The molecule has 1 heterocycles. The number of nitro groups is 1. The van der Waals surface area contributed by atoms with E-state index in [4.69, 9.17) is 0 Å². The topological polar surface area (TPSA) is 102 Å². The molecule has 1 aromatic heterocycles. The maximum absolute atomic E-state index is 11.9. The molecule has 0 fully saturated rings. The maximum atomic E-state index is 11.9. The van der Waals surface area contributed by atoms with E-state index in [1.165, 1.54) is 18.3 Å². The highest BCUT2D eigenvalue weighted by Gasteiger charge is 2.06. The van der Waals surface area contributed by atoms with Gasteiger partial charge in [-0.15, -0.1) is 0 Å². The average Bonchev–Trinajstić information content (AvgIpc) is 2.98. The molecule has 1 N–H and O–H groups in total. The van der Waals surface area contributed by atoms with E-state index < -0.39 is 4.92 Å². The zero-order chi connectivity index (χ0) is 16.9. The Morgan fingerprint density at radius 2 is 2.12 bits per heavy atom. The summed E-state index contributed by atoms with van der Waals surface area (Å²) < 4.78 is 1.72. The highest BCUT2D eigenvalue weighted by Crippen LogP contribution is 2.12. The van der Waals surface area contributed by atoms with Gasteiger partial charge in [0.1, 0.15) is 6.54 Å². The second kappa shape index (κ2) is 6.69. The monoisotopic (exact) mass is 323 g/mol. The van der Waals surface area contributed by atoms with E-state index in [0.29, 0.717) is 5.56 Å². The largest absolute Gasteiger partial charge is 0.321 e. The number of carbonyl (C=O) groups excluding carboxylic acids is 1. The second-order valence-corrected chi connectivity index (χ2v) is 5.01. The summed E-state index contributed by atoms with van der Waals surface area (Å²) in [4.78, 5) is 26.4. The summed E-state index contributed by atoms with van der Waals surface area (Å²) in [6.45, 7) is 0.0762. The quantitative estimate of drug-likeness (QED) is 0.441. The minimum atomic E-state index is -0.486. The third-order valence-corrected chi connectivity index (χ3v) is 3.33. The Morgan fingerprint density at radius 3 is 2.96 bits per heavy atom. The molecule has 0 bridgehead atoms. The molecule has 0 atom stereocenters. The minimum Gasteiger partial charge on any atom is -0.321 e. The first-order valence-electron chi connectivity index (χ1n) is 7.10. The zero-order valence-corrected chi connectivity index (χ0v) is 12.5. The Morgan fingerprint density at radius 1 is 1.29 bits per heavy atom. The van der Waals surface area contributed by atoms with Crippen LogP contribution in [0.25, 0.3) is 11.0 Å². The molecule has 0 unspecified atom stereocenters. The number of benzene rings is 2. The number of fused-ring (bicyclic) bond motifs is 1. The van der Waals surface area contributed by atoms with Crippen LogP contribution in [0.4, 0.5) is 5.69 Å². The summed E-state index contributed by atoms with van der Waals surface area (Å²) >= 11 is 0. The number of nitro benzene ring substituents is 1. The Labute approximate surface area is 136 Å². The lowest BCUT2D eigenvalue weighted by Gasteiger charge is -2.02. The molecule has 8 nitrogen and oxygen atoms in total. The molecule has 0 aliphatic heterocycles. The Kier molecular flexibility index (Phi) is 4.28. The van der Waals surface area contributed by atoms with E-state index in [9.17, 15) is 14.9 Å². The summed E-state index contributed by atoms with van der Waals surface area (Å²) in [6.07, 6.45) is 2.95. The number of non-ortho nitro benzene ring substituents is 1. The fourth-order valence-electron chi connectivity index (χ4n) is 2.22. The van der Waals surface area contributed by atoms with Crippen molar-refractivity contribution in [1.29, 1.82) is 0 Å². The third kappa shape index (κ3) is 3.43. The normalized spacial score (nSPS) is 11.0. The number of para-hydroxylation sites is 2. The number of rotatable bonds is 5. The van der Waals surface area contributed by atoms with Crippen LogP contribution in [0.2, 0.25) is 0 Å². The van der Waals surface area contributed by atoms with Gasteiger partial charge in [-0.25, -0.2) is 10.4 Å². The first-order valence-corrected chi connectivity index (χ1v) is 7.10. The molecular weight excluding hydrogens is 310 g/mol. The van der Waals surface area contributed by atoms with Gasteiger partial charge in [0.25, 0.3) is 11.6 Å². The third-order valence-electron chi connectivity index (χ3n) is 3.33. The van der Waals surface area contributed by atoms with Crippen molar-refractivity contribution < 1.29 is 9.72 Å². The molecule has 1 amide bonds. The Balaban J connectivity index is 1.63. The van der Waals surface area contributed by atoms with Crippen LogP contribution in [0.3, 0.4) is 0 Å². The molecule has 2 aromatic carbocycles. The number of aromatic nitrogens is 2. The van der Waals surface area contributed by atoms with Crippen molar-refractivity contribution in [2.45, 2.75) is 6.54 Å². The van der Waals surface area contributed by atoms with Gasteiger partial charge in [0, 0.05) is 17.7 Å². The summed E-state index contributed by atoms with van der Waals surface area (Å²) in [7, 11) is 0. The van der Waals surface area contributed by atoms with Crippen molar-refractivity contribution in [3.05, 3.63) is 70.5 Å². The predicted octanol–water partition coefficient (Wildman–Crippen LogP) is 2.09. The van der Waals surface area contributed by atoms with Gasteiger partial charge < -0.3 is 4.57 Å². The van der Waals surface area contributed by atoms with Crippen LogP contribution in [0.1, 0.15) is 5.56 Å². The molecule has 0 aliphatic rings. The molecule has 0 spiro atoms. The number of hydrogen-bond donors (Lipinski definition) is 1. The summed E-state index contributed by atoms with van der Waals surface area (Å²) in [5, 5.41) is 14.5. The van der Waals surface area contributed by atoms with Gasteiger partial charge in [0.15, 0.2) is 0 Å². The molecule has 3 aromatic rings. The van der Waals surface area contributed by atoms with E-state index in [1.807, 2.05) is 24.3 Å². The summed E-state index contributed by atoms with van der Waals surface area (Å²) in [6, 6.07) is 13.5. The summed E-state index contributed by atoms with van der Waals surface area (Å²) in [5.74, 6) is -0.320. The molecule has 24 heavy (non-hydrogen) atoms. The van der Waals surface area contributed by atoms with Crippen LogP contribution in [-0.2, 0) is 11.3 Å². The molecule has 0 aliphatic carbocycles. The molecule has 3 rings (SSSR count). The zero-order valence-electron chi connectivity index (χ0n) is 12.5. The van der Waals surface area contributed by atoms with Crippen molar-refractivity contribution >= 4 is 28.8 Å². The van der Waals surface area contributed by atoms with E-state index in [-0.39, 0.29) is 18.1 Å². The lowest BCUT2D eigenvalue weighted by molar-refractivity contribution is -0.384. The molecule has 0 radical (unpaired) electrons. The number of hydrazone groups is 1. The standard InChI is InChI=1S/C16H13N5O3/c22-16(10-20-11-17-14-6-1-2-7-15(14)20)19-18-9-12-4-3-5-13(8-12)21(23)24/h1-9,11H,10H2,(H,19,22). The van der Waals surface area contributed by atoms with E-state index in [0.717, 1.165) is 11.0 Å². The lowest BCUT2D eigenvalue weighted by Crippen LogP contribution is -2.22. The van der Waals surface area contributed by atoms with E-state index in [1.54, 1.807) is 23.0 Å². The van der Waals surface area contributed by atoms with Gasteiger partial charge in [-0.2, -0.15) is 5.10 Å². The number of imidazole rings is 1. The highest BCUT2D eigenvalue weighted by molar-refractivity contribution is 5.84. The van der Waals surface area contributed by atoms with Crippen LogP contribution < -0.4 is 5.43 Å². The van der Waals surface area contributed by atoms with Crippen molar-refractivity contribution in [2.75, 3.05) is 0 Å². The molecule has 8 heteroatoms. The molecule has 120 valence electrons. The van der Waals surface area contributed by atoms with Gasteiger partial charge in [0.2, 0.25) is 0 Å². The predicted molar refractivity (Wildman–Crippen MR) is 88.6 cm³/mol. The SMILES string of the molecule is O=C(Cn1cnc2ccccc21)NN=Cc1cccc([N+](=O)[O-])c1. The summed E-state index contributed by atoms with van der Waals surface area (Å²) in [5.41, 5.74) is 4.56. The van der Waals surface area contributed by atoms with E-state index >= 15 is 0 Å². The van der Waals surface area contributed by atoms with E-state index in [2.05, 4.69) is 15.5 Å². The van der Waals surface area contributed by atoms with Crippen LogP contribution in [-0.4, -0.2) is 26.6 Å².